The zero-order chi connectivity index (χ0) is 10.7. The molecule has 4 nitrogen and oxygen atoms in total. The maximum Gasteiger partial charge on any atom is 0.338 e. The van der Waals surface area contributed by atoms with Crippen LogP contribution in [0.3, 0.4) is 0 Å². The Bertz CT molecular complexity index is 316. The largest absolute Gasteiger partial charge is 0.481 e. The SMILES string of the molecule is O=[N+]([O-])C(=C1OCCS1)C(Cl)=C(Cl)Cl. The van der Waals surface area contributed by atoms with E-state index in [4.69, 9.17) is 39.5 Å². The summed E-state index contributed by atoms with van der Waals surface area (Å²) in [5.41, 5.74) is -0.380. The molecule has 0 bridgehead atoms. The molecule has 0 aromatic rings. The van der Waals surface area contributed by atoms with E-state index in [1.807, 2.05) is 0 Å². The quantitative estimate of drug-likeness (QED) is 0.574. The van der Waals surface area contributed by atoms with Gasteiger partial charge >= 0.3 is 5.70 Å². The molecule has 0 aliphatic carbocycles. The number of allylic oxidation sites excluding steroid dienone is 1. The molecule has 0 amide bonds. The van der Waals surface area contributed by atoms with Crippen molar-refractivity contribution in [1.29, 1.82) is 0 Å². The molecule has 1 aliphatic rings. The lowest BCUT2D eigenvalue weighted by Gasteiger charge is -2.00. The Labute approximate surface area is 99.0 Å². The molecule has 0 spiro atoms. The van der Waals surface area contributed by atoms with Crippen LogP contribution < -0.4 is 0 Å². The molecule has 0 N–H and O–H groups in total. The fourth-order valence-electron chi connectivity index (χ4n) is 0.781. The van der Waals surface area contributed by atoms with Gasteiger partial charge < -0.3 is 4.74 Å². The molecule has 0 unspecified atom stereocenters. The first kappa shape index (κ1) is 12.0. The number of nitro groups is 1. The van der Waals surface area contributed by atoms with Crippen LogP contribution in [0.5, 0.6) is 0 Å². The molecule has 0 atom stereocenters. The standard InChI is InChI=1S/C6H4Cl3NO3S/c7-3(5(8)9)4(10(11)12)6-13-1-2-14-6/h1-2H2. The van der Waals surface area contributed by atoms with Crippen molar-refractivity contribution in [3.63, 3.8) is 0 Å². The second kappa shape index (κ2) is 5.11. The van der Waals surface area contributed by atoms with E-state index in [1.54, 1.807) is 0 Å². The summed E-state index contributed by atoms with van der Waals surface area (Å²) in [5, 5.41) is 10.5. The molecule has 1 heterocycles. The van der Waals surface area contributed by atoms with Crippen LogP contribution in [-0.2, 0) is 4.74 Å². The third kappa shape index (κ3) is 2.70. The molecule has 0 saturated carbocycles. The topological polar surface area (TPSA) is 52.4 Å². The molecule has 1 rings (SSSR count). The zero-order valence-electron chi connectivity index (χ0n) is 6.63. The van der Waals surface area contributed by atoms with Crippen molar-refractivity contribution in [2.24, 2.45) is 0 Å². The van der Waals surface area contributed by atoms with Gasteiger partial charge in [0.25, 0.3) is 0 Å². The Balaban J connectivity index is 3.13. The Morgan fingerprint density at radius 1 is 1.50 bits per heavy atom. The number of rotatable bonds is 2. The molecular weight excluding hydrogens is 272 g/mol. The van der Waals surface area contributed by atoms with Crippen molar-refractivity contribution in [3.05, 3.63) is 30.4 Å². The van der Waals surface area contributed by atoms with Crippen LogP contribution in [0.4, 0.5) is 0 Å². The first-order chi connectivity index (χ1) is 6.54. The third-order valence-electron chi connectivity index (χ3n) is 1.30. The van der Waals surface area contributed by atoms with E-state index in [-0.39, 0.29) is 20.3 Å². The molecular formula is C6H4Cl3NO3S. The van der Waals surface area contributed by atoms with E-state index < -0.39 is 4.92 Å². The van der Waals surface area contributed by atoms with Crippen LogP contribution >= 0.6 is 46.6 Å². The summed E-state index contributed by atoms with van der Waals surface area (Å²) in [5.74, 6) is 0.650. The number of ether oxygens (including phenoxy) is 1. The summed E-state index contributed by atoms with van der Waals surface area (Å²) < 4.78 is 4.67. The van der Waals surface area contributed by atoms with Gasteiger partial charge in [0.2, 0.25) is 5.09 Å². The van der Waals surface area contributed by atoms with Crippen LogP contribution in [0.25, 0.3) is 0 Å². The summed E-state index contributed by atoms with van der Waals surface area (Å²) in [6, 6.07) is 0. The number of hydrogen-bond donors (Lipinski definition) is 0. The maximum absolute atomic E-state index is 10.7. The van der Waals surface area contributed by atoms with Gasteiger partial charge in [0.15, 0.2) is 5.03 Å². The van der Waals surface area contributed by atoms with Crippen molar-refractivity contribution in [2.75, 3.05) is 12.4 Å². The van der Waals surface area contributed by atoms with E-state index in [9.17, 15) is 10.1 Å². The Kier molecular flexibility index (Phi) is 4.37. The van der Waals surface area contributed by atoms with E-state index in [0.29, 0.717) is 12.4 Å². The van der Waals surface area contributed by atoms with Gasteiger partial charge in [-0.15, -0.1) is 0 Å². The number of halogens is 3. The highest BCUT2D eigenvalue weighted by Crippen LogP contribution is 2.35. The lowest BCUT2D eigenvalue weighted by Crippen LogP contribution is -2.02. The minimum atomic E-state index is -0.666. The average Bonchev–Trinajstić information content (AvgIpc) is 2.56. The van der Waals surface area contributed by atoms with Gasteiger partial charge in [0.1, 0.15) is 4.49 Å². The van der Waals surface area contributed by atoms with Crippen LogP contribution in [0, 0.1) is 10.1 Å². The van der Waals surface area contributed by atoms with Crippen molar-refractivity contribution in [3.8, 4) is 0 Å². The summed E-state index contributed by atoms with van der Waals surface area (Å²) in [6.45, 7) is 0.418. The normalized spacial score (nSPS) is 18.8. The number of hydrogen-bond acceptors (Lipinski definition) is 4. The van der Waals surface area contributed by atoms with Gasteiger partial charge in [-0.3, -0.25) is 10.1 Å². The van der Waals surface area contributed by atoms with Crippen molar-refractivity contribution < 1.29 is 9.66 Å². The predicted molar refractivity (Wildman–Crippen MR) is 57.0 cm³/mol. The minimum absolute atomic E-state index is 0.152. The molecule has 0 radical (unpaired) electrons. The highest BCUT2D eigenvalue weighted by molar-refractivity contribution is 8.03. The highest BCUT2D eigenvalue weighted by atomic mass is 35.5. The molecule has 0 aromatic heterocycles. The highest BCUT2D eigenvalue weighted by Gasteiger charge is 2.29. The molecule has 1 aliphatic heterocycles. The molecule has 14 heavy (non-hydrogen) atoms. The van der Waals surface area contributed by atoms with Crippen molar-refractivity contribution in [1.82, 2.24) is 0 Å². The van der Waals surface area contributed by atoms with Crippen molar-refractivity contribution in [2.45, 2.75) is 0 Å². The first-order valence-electron chi connectivity index (χ1n) is 3.39. The van der Waals surface area contributed by atoms with Gasteiger partial charge in [-0.2, -0.15) is 0 Å². The summed E-state index contributed by atoms with van der Waals surface area (Å²) in [7, 11) is 0. The molecule has 78 valence electrons. The third-order valence-corrected chi connectivity index (χ3v) is 3.18. The summed E-state index contributed by atoms with van der Waals surface area (Å²) in [4.78, 5) is 9.98. The monoisotopic (exact) mass is 275 g/mol. The fourth-order valence-corrected chi connectivity index (χ4v) is 2.00. The number of thioether (sulfide) groups is 1. The van der Waals surface area contributed by atoms with Crippen LogP contribution in [0.1, 0.15) is 0 Å². The van der Waals surface area contributed by atoms with Crippen molar-refractivity contribution >= 4 is 46.6 Å². The van der Waals surface area contributed by atoms with Crippen LogP contribution in [0.2, 0.25) is 0 Å². The average molecular weight is 277 g/mol. The zero-order valence-corrected chi connectivity index (χ0v) is 9.71. The van der Waals surface area contributed by atoms with E-state index in [0.717, 1.165) is 0 Å². The van der Waals surface area contributed by atoms with Crippen LogP contribution in [-0.4, -0.2) is 17.3 Å². The molecule has 1 fully saturated rings. The second-order valence-corrected chi connectivity index (χ2v) is 4.56. The maximum atomic E-state index is 10.7. The van der Waals surface area contributed by atoms with Gasteiger partial charge in [-0.25, -0.2) is 0 Å². The Hall–Kier alpha value is -0.100. The fraction of sp³-hybridized carbons (Fsp3) is 0.333. The Morgan fingerprint density at radius 3 is 2.50 bits per heavy atom. The number of nitrogens with zero attached hydrogens (tertiary/aromatic N) is 1. The van der Waals surface area contributed by atoms with Gasteiger partial charge in [0.05, 0.1) is 11.5 Å². The molecule has 8 heteroatoms. The second-order valence-electron chi connectivity index (χ2n) is 2.16. The van der Waals surface area contributed by atoms with Gasteiger partial charge in [-0.05, 0) is 0 Å². The van der Waals surface area contributed by atoms with Gasteiger partial charge in [-0.1, -0.05) is 46.6 Å². The van der Waals surface area contributed by atoms with E-state index in [2.05, 4.69) is 0 Å². The lowest BCUT2D eigenvalue weighted by atomic mass is 10.5. The van der Waals surface area contributed by atoms with E-state index in [1.165, 1.54) is 11.8 Å². The van der Waals surface area contributed by atoms with Crippen LogP contribution in [0.15, 0.2) is 20.3 Å². The first-order valence-corrected chi connectivity index (χ1v) is 5.51. The van der Waals surface area contributed by atoms with Gasteiger partial charge in [0, 0.05) is 5.75 Å². The molecule has 1 saturated heterocycles. The smallest absolute Gasteiger partial charge is 0.338 e. The lowest BCUT2D eigenvalue weighted by molar-refractivity contribution is -0.422. The summed E-state index contributed by atoms with van der Waals surface area (Å²) in [6.07, 6.45) is 0. The Morgan fingerprint density at radius 2 is 2.14 bits per heavy atom. The summed E-state index contributed by atoms with van der Waals surface area (Å²) >= 11 is 17.5. The minimum Gasteiger partial charge on any atom is -0.481 e. The molecule has 0 aromatic carbocycles. The predicted octanol–water partition coefficient (Wildman–Crippen LogP) is 3.08. The van der Waals surface area contributed by atoms with E-state index >= 15 is 0 Å².